The number of aromatic nitrogens is 2. The molecule has 33 heavy (non-hydrogen) atoms. The van der Waals surface area contributed by atoms with Crippen molar-refractivity contribution in [3.05, 3.63) is 95.6 Å². The minimum atomic E-state index is -0.752. The van der Waals surface area contributed by atoms with Crippen LogP contribution in [0.25, 0.3) is 5.76 Å². The summed E-state index contributed by atoms with van der Waals surface area (Å²) in [6.07, 6.45) is 8.42. The molecule has 1 N–H and O–H groups in total. The minimum absolute atomic E-state index is 0.0424. The van der Waals surface area contributed by atoms with Gasteiger partial charge in [-0.3, -0.25) is 19.6 Å². The van der Waals surface area contributed by atoms with Crippen molar-refractivity contribution in [1.82, 2.24) is 14.9 Å². The largest absolute Gasteiger partial charge is 0.507 e. The third-order valence-electron chi connectivity index (χ3n) is 5.51. The molecule has 4 rings (SSSR count). The molecule has 1 unspecified atom stereocenters. The summed E-state index contributed by atoms with van der Waals surface area (Å²) in [5.41, 5.74) is 1.93. The number of rotatable bonds is 8. The lowest BCUT2D eigenvalue weighted by Crippen LogP contribution is -2.29. The Morgan fingerprint density at radius 3 is 2.61 bits per heavy atom. The molecule has 168 valence electrons. The number of aliphatic hydroxyl groups is 1. The van der Waals surface area contributed by atoms with Crippen LogP contribution in [0.5, 0.6) is 5.75 Å². The van der Waals surface area contributed by atoms with Gasteiger partial charge in [-0.1, -0.05) is 31.5 Å². The molecule has 1 aliphatic heterocycles. The number of nitrogens with zero attached hydrogens (tertiary/aromatic N) is 3. The second kappa shape index (κ2) is 10.1. The molecule has 3 aromatic rings. The normalized spacial score (nSPS) is 17.4. The fraction of sp³-hybridized carbons (Fsp3) is 0.231. The fourth-order valence-corrected chi connectivity index (χ4v) is 3.85. The van der Waals surface area contributed by atoms with Gasteiger partial charge in [0.1, 0.15) is 11.5 Å². The summed E-state index contributed by atoms with van der Waals surface area (Å²) in [5, 5.41) is 11.2. The number of hydrogen-bond acceptors (Lipinski definition) is 6. The Bertz CT molecular complexity index is 1160. The van der Waals surface area contributed by atoms with Crippen molar-refractivity contribution < 1.29 is 19.4 Å². The van der Waals surface area contributed by atoms with Crippen LogP contribution in [0.15, 0.2) is 78.9 Å². The van der Waals surface area contributed by atoms with Crippen molar-refractivity contribution in [2.24, 2.45) is 0 Å². The molecule has 1 aromatic carbocycles. The molecule has 7 heteroatoms. The molecule has 3 heterocycles. The molecule has 1 aliphatic rings. The number of benzene rings is 1. The SMILES string of the molecule is CCCCOc1cccc(/C(O)=C2\C(=O)C(=O)N(Cc3cccnc3)C2c2ccncc2)c1. The van der Waals surface area contributed by atoms with Gasteiger partial charge in [-0.05, 0) is 47.9 Å². The topological polar surface area (TPSA) is 92.6 Å². The van der Waals surface area contributed by atoms with E-state index in [1.54, 1.807) is 67.3 Å². The van der Waals surface area contributed by atoms with Gasteiger partial charge in [-0.25, -0.2) is 0 Å². The maximum atomic E-state index is 13.1. The summed E-state index contributed by atoms with van der Waals surface area (Å²) >= 11 is 0. The van der Waals surface area contributed by atoms with E-state index < -0.39 is 17.7 Å². The van der Waals surface area contributed by atoms with Gasteiger partial charge in [0, 0.05) is 36.9 Å². The maximum absolute atomic E-state index is 13.1. The van der Waals surface area contributed by atoms with E-state index in [1.807, 2.05) is 6.07 Å². The first kappa shape index (κ1) is 22.2. The molecule has 2 aromatic heterocycles. The zero-order valence-electron chi connectivity index (χ0n) is 18.3. The second-order valence-electron chi connectivity index (χ2n) is 7.80. The van der Waals surface area contributed by atoms with Crippen LogP contribution >= 0.6 is 0 Å². The Labute approximate surface area is 192 Å². The first-order valence-corrected chi connectivity index (χ1v) is 10.9. The lowest BCUT2D eigenvalue weighted by atomic mass is 9.96. The lowest BCUT2D eigenvalue weighted by molar-refractivity contribution is -0.140. The van der Waals surface area contributed by atoms with Crippen LogP contribution in [0, 0.1) is 0 Å². The number of hydrogen-bond donors (Lipinski definition) is 1. The predicted octanol–water partition coefficient (Wildman–Crippen LogP) is 4.28. The Hall–Kier alpha value is -4.00. The Kier molecular flexibility index (Phi) is 6.78. The van der Waals surface area contributed by atoms with Gasteiger partial charge < -0.3 is 14.7 Å². The van der Waals surface area contributed by atoms with Crippen molar-refractivity contribution in [2.75, 3.05) is 6.61 Å². The molecule has 1 amide bonds. The first-order chi connectivity index (χ1) is 16.1. The molecular formula is C26H25N3O4. The zero-order valence-corrected chi connectivity index (χ0v) is 18.3. The van der Waals surface area contributed by atoms with E-state index in [1.165, 1.54) is 4.90 Å². The van der Waals surface area contributed by atoms with Crippen molar-refractivity contribution in [1.29, 1.82) is 0 Å². The monoisotopic (exact) mass is 443 g/mol. The number of ketones is 1. The highest BCUT2D eigenvalue weighted by Crippen LogP contribution is 2.40. The number of carbonyl (C=O) groups excluding carboxylic acids is 2. The second-order valence-corrected chi connectivity index (χ2v) is 7.80. The molecule has 0 radical (unpaired) electrons. The Morgan fingerprint density at radius 1 is 1.06 bits per heavy atom. The number of likely N-dealkylation sites (tertiary alicyclic amines) is 1. The highest BCUT2D eigenvalue weighted by atomic mass is 16.5. The van der Waals surface area contributed by atoms with Gasteiger partial charge in [-0.15, -0.1) is 0 Å². The van der Waals surface area contributed by atoms with Crippen LogP contribution in [-0.2, 0) is 16.1 Å². The number of aliphatic hydroxyl groups excluding tert-OH is 1. The number of unbranched alkanes of at least 4 members (excludes halogenated alkanes) is 1. The van der Waals surface area contributed by atoms with Crippen molar-refractivity contribution >= 4 is 17.4 Å². The summed E-state index contributed by atoms with van der Waals surface area (Å²) in [5.74, 6) is -1.03. The summed E-state index contributed by atoms with van der Waals surface area (Å²) in [7, 11) is 0. The average molecular weight is 444 g/mol. The van der Waals surface area contributed by atoms with Gasteiger partial charge in [0.2, 0.25) is 0 Å². The summed E-state index contributed by atoms with van der Waals surface area (Å²) in [6, 6.07) is 13.3. The average Bonchev–Trinajstić information content (AvgIpc) is 3.10. The smallest absolute Gasteiger partial charge is 0.295 e. The van der Waals surface area contributed by atoms with E-state index in [4.69, 9.17) is 4.74 Å². The van der Waals surface area contributed by atoms with Crippen LogP contribution in [-0.4, -0.2) is 38.3 Å². The highest BCUT2D eigenvalue weighted by molar-refractivity contribution is 6.46. The molecule has 7 nitrogen and oxygen atoms in total. The summed E-state index contributed by atoms with van der Waals surface area (Å²) in [4.78, 5) is 35.8. The van der Waals surface area contributed by atoms with Gasteiger partial charge in [0.05, 0.1) is 18.2 Å². The van der Waals surface area contributed by atoms with Crippen LogP contribution in [0.2, 0.25) is 0 Å². The fourth-order valence-electron chi connectivity index (χ4n) is 3.85. The van der Waals surface area contributed by atoms with Gasteiger partial charge in [-0.2, -0.15) is 0 Å². The van der Waals surface area contributed by atoms with E-state index in [0.717, 1.165) is 18.4 Å². The zero-order chi connectivity index (χ0) is 23.2. The van der Waals surface area contributed by atoms with E-state index in [2.05, 4.69) is 16.9 Å². The lowest BCUT2D eigenvalue weighted by Gasteiger charge is -2.25. The van der Waals surface area contributed by atoms with Gasteiger partial charge in [0.25, 0.3) is 11.7 Å². The number of amides is 1. The molecule has 0 aliphatic carbocycles. The van der Waals surface area contributed by atoms with Crippen LogP contribution in [0.4, 0.5) is 0 Å². The van der Waals surface area contributed by atoms with E-state index >= 15 is 0 Å². The summed E-state index contributed by atoms with van der Waals surface area (Å²) in [6.45, 7) is 2.82. The van der Waals surface area contributed by atoms with Crippen molar-refractivity contribution in [3.8, 4) is 5.75 Å². The Balaban J connectivity index is 1.76. The third-order valence-corrected chi connectivity index (χ3v) is 5.51. The first-order valence-electron chi connectivity index (χ1n) is 10.9. The molecule has 1 atom stereocenters. The molecule has 0 spiro atoms. The number of pyridine rings is 2. The summed E-state index contributed by atoms with van der Waals surface area (Å²) < 4.78 is 5.75. The molecule has 1 fully saturated rings. The number of carbonyl (C=O) groups is 2. The van der Waals surface area contributed by atoms with Gasteiger partial charge in [0.15, 0.2) is 0 Å². The van der Waals surface area contributed by atoms with E-state index in [9.17, 15) is 14.7 Å². The standard InChI is InChI=1S/C26H25N3O4/c1-2-3-14-33-21-8-4-7-20(15-21)24(30)22-23(19-9-12-27-13-10-19)29(26(32)25(22)31)17-18-6-5-11-28-16-18/h4-13,15-16,23,30H,2-3,14,17H2,1H3/b24-22+. The molecule has 0 bridgehead atoms. The van der Waals surface area contributed by atoms with Crippen molar-refractivity contribution in [2.45, 2.75) is 32.4 Å². The highest BCUT2D eigenvalue weighted by Gasteiger charge is 2.46. The van der Waals surface area contributed by atoms with E-state index in [0.29, 0.717) is 23.5 Å². The van der Waals surface area contributed by atoms with Crippen molar-refractivity contribution in [3.63, 3.8) is 0 Å². The maximum Gasteiger partial charge on any atom is 0.295 e. The molecular weight excluding hydrogens is 418 g/mol. The predicted molar refractivity (Wildman–Crippen MR) is 123 cm³/mol. The number of Topliss-reactive ketones (excluding diaryl/α,β-unsaturated/α-hetero) is 1. The Morgan fingerprint density at radius 2 is 1.88 bits per heavy atom. The number of ether oxygens (including phenoxy) is 1. The van der Waals surface area contributed by atoms with E-state index in [-0.39, 0.29) is 17.9 Å². The van der Waals surface area contributed by atoms with Crippen LogP contribution < -0.4 is 4.74 Å². The third kappa shape index (κ3) is 4.77. The molecule has 1 saturated heterocycles. The van der Waals surface area contributed by atoms with Crippen LogP contribution in [0.3, 0.4) is 0 Å². The molecule has 0 saturated carbocycles. The minimum Gasteiger partial charge on any atom is -0.507 e. The van der Waals surface area contributed by atoms with Gasteiger partial charge >= 0.3 is 0 Å². The quantitative estimate of drug-likeness (QED) is 0.242. The van der Waals surface area contributed by atoms with Crippen LogP contribution in [0.1, 0.15) is 42.5 Å².